The minimum atomic E-state index is -0.493. The van der Waals surface area contributed by atoms with Gasteiger partial charge in [-0.05, 0) is 54.5 Å². The molecule has 174 valence electrons. The summed E-state index contributed by atoms with van der Waals surface area (Å²) in [4.78, 5) is 24.5. The van der Waals surface area contributed by atoms with Gasteiger partial charge in [-0.15, -0.1) is 0 Å². The molecule has 0 bridgehead atoms. The van der Waals surface area contributed by atoms with Gasteiger partial charge in [0, 0.05) is 17.6 Å². The number of ketones is 2. The Morgan fingerprint density at radius 2 is 1.42 bits per heavy atom. The summed E-state index contributed by atoms with van der Waals surface area (Å²) in [6.45, 7) is 1.14. The molecule has 0 fully saturated rings. The standard InChI is InChI=1S/C26H28O7/c1-17(28)13-21(22(29)9-5-18-7-11-24(31-2)20(14-18)16-27)23(30)10-6-19-8-12-25(32-3)26(15-19)33-4/h5-12,14-15,27,29H,13,16H2,1-4H3/b9-5+,10-6+,22-21?. The lowest BCUT2D eigenvalue weighted by molar-refractivity contribution is -0.118. The Morgan fingerprint density at radius 3 is 2.00 bits per heavy atom. The van der Waals surface area contributed by atoms with Crippen LogP contribution in [-0.4, -0.2) is 43.1 Å². The molecule has 0 saturated heterocycles. The molecule has 7 nitrogen and oxygen atoms in total. The average molecular weight is 453 g/mol. The van der Waals surface area contributed by atoms with Crippen molar-refractivity contribution in [3.63, 3.8) is 0 Å². The van der Waals surface area contributed by atoms with Gasteiger partial charge in [-0.25, -0.2) is 0 Å². The molecule has 2 N–H and O–H groups in total. The summed E-state index contributed by atoms with van der Waals surface area (Å²) in [7, 11) is 4.55. The Kier molecular flexibility index (Phi) is 9.45. The number of allylic oxidation sites excluding steroid dienone is 3. The summed E-state index contributed by atoms with van der Waals surface area (Å²) in [5, 5.41) is 20.0. The minimum absolute atomic E-state index is 0.0219. The Bertz CT molecular complexity index is 1090. The van der Waals surface area contributed by atoms with Crippen molar-refractivity contribution in [3.05, 3.63) is 76.6 Å². The lowest BCUT2D eigenvalue weighted by Crippen LogP contribution is -2.06. The van der Waals surface area contributed by atoms with Crippen molar-refractivity contribution in [3.8, 4) is 17.2 Å². The molecule has 0 aliphatic rings. The highest BCUT2D eigenvalue weighted by Gasteiger charge is 2.14. The topological polar surface area (TPSA) is 102 Å². The SMILES string of the molecule is COc1ccc(/C=C/C(O)=C(CC(C)=O)C(=O)/C=C/c2ccc(OC)c(OC)c2)cc1CO. The highest BCUT2D eigenvalue weighted by molar-refractivity contribution is 6.09. The Labute approximate surface area is 193 Å². The monoisotopic (exact) mass is 452 g/mol. The fourth-order valence-corrected chi connectivity index (χ4v) is 3.08. The van der Waals surface area contributed by atoms with E-state index >= 15 is 0 Å². The average Bonchev–Trinajstić information content (AvgIpc) is 2.83. The number of aliphatic hydroxyl groups excluding tert-OH is 2. The van der Waals surface area contributed by atoms with Crippen LogP contribution >= 0.6 is 0 Å². The van der Waals surface area contributed by atoms with E-state index in [1.54, 1.807) is 48.6 Å². The van der Waals surface area contributed by atoms with E-state index in [1.165, 1.54) is 40.4 Å². The van der Waals surface area contributed by atoms with Gasteiger partial charge in [-0.2, -0.15) is 0 Å². The molecule has 33 heavy (non-hydrogen) atoms. The van der Waals surface area contributed by atoms with E-state index in [0.717, 1.165) is 0 Å². The number of methoxy groups -OCH3 is 3. The predicted octanol–water partition coefficient (Wildman–Crippen LogP) is 4.29. The molecule has 2 aromatic rings. The normalized spacial score (nSPS) is 12.0. The maximum absolute atomic E-state index is 12.8. The van der Waals surface area contributed by atoms with Crippen molar-refractivity contribution in [2.45, 2.75) is 20.0 Å². The number of Topliss-reactive ketones (excluding diaryl/α,β-unsaturated/α-hetero) is 1. The van der Waals surface area contributed by atoms with Crippen molar-refractivity contribution < 1.29 is 34.0 Å². The summed E-state index contributed by atoms with van der Waals surface area (Å²) in [5.74, 6) is 0.552. The van der Waals surface area contributed by atoms with Crippen LogP contribution in [-0.2, 0) is 16.2 Å². The van der Waals surface area contributed by atoms with E-state index in [2.05, 4.69) is 0 Å². The van der Waals surface area contributed by atoms with Gasteiger partial charge in [0.1, 0.15) is 17.3 Å². The molecule has 0 aliphatic heterocycles. The van der Waals surface area contributed by atoms with Crippen LogP contribution in [0.3, 0.4) is 0 Å². The lowest BCUT2D eigenvalue weighted by Gasteiger charge is -2.08. The molecule has 0 unspecified atom stereocenters. The maximum atomic E-state index is 12.8. The first-order chi connectivity index (χ1) is 15.8. The van der Waals surface area contributed by atoms with E-state index in [4.69, 9.17) is 14.2 Å². The van der Waals surface area contributed by atoms with Crippen molar-refractivity contribution in [2.24, 2.45) is 0 Å². The molecular formula is C26H28O7. The molecule has 2 rings (SSSR count). The number of ether oxygens (including phenoxy) is 3. The summed E-state index contributed by atoms with van der Waals surface area (Å²) in [5.41, 5.74) is 1.93. The van der Waals surface area contributed by atoms with E-state index in [0.29, 0.717) is 33.9 Å². The largest absolute Gasteiger partial charge is 0.508 e. The highest BCUT2D eigenvalue weighted by Crippen LogP contribution is 2.28. The minimum Gasteiger partial charge on any atom is -0.508 e. The van der Waals surface area contributed by atoms with Crippen LogP contribution in [0.4, 0.5) is 0 Å². The molecule has 0 saturated carbocycles. The summed E-state index contributed by atoms with van der Waals surface area (Å²) in [6, 6.07) is 10.3. The van der Waals surface area contributed by atoms with Gasteiger partial charge in [-0.3, -0.25) is 9.59 Å². The molecule has 0 amide bonds. The third-order valence-corrected chi connectivity index (χ3v) is 4.78. The smallest absolute Gasteiger partial charge is 0.185 e. The van der Waals surface area contributed by atoms with Crippen LogP contribution in [0.15, 0.2) is 59.9 Å². The molecular weight excluding hydrogens is 424 g/mol. The predicted molar refractivity (Wildman–Crippen MR) is 126 cm³/mol. The van der Waals surface area contributed by atoms with Gasteiger partial charge in [-0.1, -0.05) is 24.3 Å². The number of rotatable bonds is 11. The summed E-state index contributed by atoms with van der Waals surface area (Å²) in [6.07, 6.45) is 5.58. The molecule has 0 spiro atoms. The van der Waals surface area contributed by atoms with Crippen LogP contribution in [0.1, 0.15) is 30.0 Å². The first-order valence-corrected chi connectivity index (χ1v) is 10.1. The highest BCUT2D eigenvalue weighted by atomic mass is 16.5. The Hall–Kier alpha value is -3.84. The van der Waals surface area contributed by atoms with Gasteiger partial charge in [0.25, 0.3) is 0 Å². The number of carbonyl (C=O) groups excluding carboxylic acids is 2. The lowest BCUT2D eigenvalue weighted by atomic mass is 10.0. The first-order valence-electron chi connectivity index (χ1n) is 10.1. The molecule has 2 aromatic carbocycles. The van der Waals surface area contributed by atoms with Gasteiger partial charge in [0.2, 0.25) is 0 Å². The zero-order valence-corrected chi connectivity index (χ0v) is 19.1. The van der Waals surface area contributed by atoms with Crippen molar-refractivity contribution in [1.82, 2.24) is 0 Å². The zero-order chi connectivity index (χ0) is 24.4. The first kappa shape index (κ1) is 25.4. The van der Waals surface area contributed by atoms with Crippen molar-refractivity contribution in [1.29, 1.82) is 0 Å². The van der Waals surface area contributed by atoms with Crippen LogP contribution in [0.2, 0.25) is 0 Å². The number of hydrogen-bond acceptors (Lipinski definition) is 7. The van der Waals surface area contributed by atoms with Crippen LogP contribution in [0.5, 0.6) is 17.2 Å². The quantitative estimate of drug-likeness (QED) is 0.298. The summed E-state index contributed by atoms with van der Waals surface area (Å²) >= 11 is 0. The number of benzene rings is 2. The van der Waals surface area contributed by atoms with Gasteiger partial charge >= 0.3 is 0 Å². The third kappa shape index (κ3) is 7.08. The fraction of sp³-hybridized carbons (Fsp3) is 0.231. The zero-order valence-electron chi connectivity index (χ0n) is 19.1. The van der Waals surface area contributed by atoms with Gasteiger partial charge in [0.05, 0.1) is 27.9 Å². The second-order valence-electron chi connectivity index (χ2n) is 7.12. The maximum Gasteiger partial charge on any atom is 0.185 e. The van der Waals surface area contributed by atoms with Crippen molar-refractivity contribution in [2.75, 3.05) is 21.3 Å². The number of carbonyl (C=O) groups is 2. The third-order valence-electron chi connectivity index (χ3n) is 4.78. The van der Waals surface area contributed by atoms with Crippen LogP contribution in [0.25, 0.3) is 12.2 Å². The molecule has 0 heterocycles. The molecule has 7 heteroatoms. The van der Waals surface area contributed by atoms with Gasteiger partial charge in [0.15, 0.2) is 17.3 Å². The summed E-state index contributed by atoms with van der Waals surface area (Å²) < 4.78 is 15.6. The fourth-order valence-electron chi connectivity index (χ4n) is 3.08. The van der Waals surface area contributed by atoms with Crippen LogP contribution in [0, 0.1) is 0 Å². The van der Waals surface area contributed by atoms with Gasteiger partial charge < -0.3 is 24.4 Å². The Balaban J connectivity index is 2.31. The molecule has 0 radical (unpaired) electrons. The van der Waals surface area contributed by atoms with E-state index in [9.17, 15) is 19.8 Å². The number of hydrogen-bond donors (Lipinski definition) is 2. The van der Waals surface area contributed by atoms with Crippen LogP contribution < -0.4 is 14.2 Å². The number of aliphatic hydroxyl groups is 2. The molecule has 0 aliphatic carbocycles. The second kappa shape index (κ2) is 12.3. The van der Waals surface area contributed by atoms with Crippen molar-refractivity contribution >= 4 is 23.7 Å². The van der Waals surface area contributed by atoms with E-state index < -0.39 is 5.78 Å². The second-order valence-corrected chi connectivity index (χ2v) is 7.12. The molecule has 0 aromatic heterocycles. The Morgan fingerprint density at radius 1 is 0.848 bits per heavy atom. The molecule has 0 atom stereocenters. The van der Waals surface area contributed by atoms with E-state index in [1.807, 2.05) is 0 Å². The van der Waals surface area contributed by atoms with E-state index in [-0.39, 0.29) is 30.1 Å².